The van der Waals surface area contributed by atoms with Gasteiger partial charge in [0.2, 0.25) is 0 Å². The largest absolute Gasteiger partial charge is 0.368 e. The number of aromatic amines is 1. The number of rotatable bonds is 14. The van der Waals surface area contributed by atoms with Gasteiger partial charge in [-0.3, -0.25) is 15.7 Å². The molecule has 0 fully saturated rings. The lowest BCUT2D eigenvalue weighted by Crippen LogP contribution is -2.38. The predicted octanol–water partition coefficient (Wildman–Crippen LogP) is 10.9. The number of nitrogens with zero attached hydrogens (tertiary/aromatic N) is 5. The lowest BCUT2D eigenvalue weighted by Gasteiger charge is -2.37. The van der Waals surface area contributed by atoms with E-state index in [9.17, 15) is 9.59 Å². The molecule has 0 saturated heterocycles. The maximum Gasteiger partial charge on any atom is 0.320 e. The highest BCUT2D eigenvalue weighted by Crippen LogP contribution is 2.43. The Kier molecular flexibility index (Phi) is 14.1. The van der Waals surface area contributed by atoms with Gasteiger partial charge in [-0.2, -0.15) is 10.2 Å². The normalized spacial score (nSPS) is 12.0. The number of hydrogen-bond donors (Lipinski definition) is 7. The first-order chi connectivity index (χ1) is 32.8. The number of carbonyl (C=O) groups is 2. The molecule has 0 unspecified atom stereocenters. The summed E-state index contributed by atoms with van der Waals surface area (Å²) in [5.41, 5.74) is 6.05. The number of fused-ring (bicyclic) bond motifs is 2. The second kappa shape index (κ2) is 21.0. The third kappa shape index (κ3) is 10.1. The minimum absolute atomic E-state index is 0.0950. The Morgan fingerprint density at radius 1 is 0.567 bits per heavy atom. The Balaban J connectivity index is 0.000000214. The van der Waals surface area contributed by atoms with Gasteiger partial charge < -0.3 is 21.3 Å². The van der Waals surface area contributed by atoms with Crippen LogP contribution >= 0.6 is 0 Å². The number of nitrogens with one attached hydrogen (secondary N) is 7. The molecule has 338 valence electrons. The summed E-state index contributed by atoms with van der Waals surface area (Å²) in [5, 5.41) is 32.3. The average molecular weight is 891 g/mol. The van der Waals surface area contributed by atoms with Gasteiger partial charge in [0.25, 0.3) is 0 Å². The Morgan fingerprint density at radius 3 is 1.45 bits per heavy atom. The lowest BCUT2D eigenvalue weighted by atomic mass is 9.77. The Morgan fingerprint density at radius 2 is 0.985 bits per heavy atom. The molecule has 2 atom stereocenters. The van der Waals surface area contributed by atoms with E-state index in [-0.39, 0.29) is 24.1 Å². The molecule has 7 N–H and O–H groups in total. The summed E-state index contributed by atoms with van der Waals surface area (Å²) in [4.78, 5) is 34.1. The number of pyridine rings is 2. The van der Waals surface area contributed by atoms with Gasteiger partial charge in [0.15, 0.2) is 11.6 Å². The number of urea groups is 2. The van der Waals surface area contributed by atoms with Gasteiger partial charge in [-0.15, -0.1) is 0 Å². The molecule has 4 amide bonds. The van der Waals surface area contributed by atoms with Crippen LogP contribution in [0.1, 0.15) is 67.6 Å². The van der Waals surface area contributed by atoms with Crippen LogP contribution in [0.2, 0.25) is 0 Å². The fraction of sp³-hybridized carbons (Fsp3) is 0.170. The average Bonchev–Trinajstić information content (AvgIpc) is 3.94. The summed E-state index contributed by atoms with van der Waals surface area (Å²) in [7, 11) is 0. The molecule has 0 saturated carbocycles. The SMILES string of the molecule is CCNc1n[nH]c2cc(NC(=O)N[C@H](C)c3ccccc3)ncc12.CCNc1nn(C(c2ccccc2)(c2ccccc2)c2ccccc2)c2cc(NC(=O)N[C@H](C)c3ccccc3)ncc12. The zero-order chi connectivity index (χ0) is 46.6. The summed E-state index contributed by atoms with van der Waals surface area (Å²) in [6.45, 7) is 9.41. The van der Waals surface area contributed by atoms with E-state index in [0.29, 0.717) is 18.2 Å². The molecule has 0 aliphatic carbocycles. The van der Waals surface area contributed by atoms with Crippen molar-refractivity contribution < 1.29 is 9.59 Å². The summed E-state index contributed by atoms with van der Waals surface area (Å²) in [5.74, 6) is 2.38. The Hall–Kier alpha value is -8.52. The van der Waals surface area contributed by atoms with Gasteiger partial charge in [0.05, 0.1) is 33.9 Å². The zero-order valence-corrected chi connectivity index (χ0v) is 37.9. The van der Waals surface area contributed by atoms with Crippen LogP contribution in [0, 0.1) is 0 Å². The number of benzene rings is 5. The monoisotopic (exact) mass is 890 g/mol. The third-order valence-corrected chi connectivity index (χ3v) is 11.4. The van der Waals surface area contributed by atoms with Crippen LogP contribution < -0.4 is 31.9 Å². The van der Waals surface area contributed by atoms with E-state index in [1.165, 1.54) is 0 Å². The van der Waals surface area contributed by atoms with Gasteiger partial charge in [0.1, 0.15) is 17.2 Å². The van der Waals surface area contributed by atoms with Gasteiger partial charge in [-0.25, -0.2) is 24.2 Å². The molecule has 0 radical (unpaired) electrons. The van der Waals surface area contributed by atoms with E-state index in [2.05, 4.69) is 130 Å². The highest BCUT2D eigenvalue weighted by molar-refractivity contribution is 5.96. The molecular weight excluding hydrogens is 837 g/mol. The molecule has 0 bridgehead atoms. The van der Waals surface area contributed by atoms with Crippen LogP contribution in [0.4, 0.5) is 32.9 Å². The lowest BCUT2D eigenvalue weighted by molar-refractivity contribution is 0.248. The molecule has 4 aromatic heterocycles. The molecule has 0 aliphatic heterocycles. The van der Waals surface area contributed by atoms with Crippen LogP contribution in [-0.2, 0) is 5.54 Å². The van der Waals surface area contributed by atoms with Crippen LogP contribution in [-0.4, -0.2) is 55.1 Å². The molecule has 5 aromatic carbocycles. The third-order valence-electron chi connectivity index (χ3n) is 11.4. The molecule has 9 rings (SSSR count). The van der Waals surface area contributed by atoms with Crippen molar-refractivity contribution in [3.8, 4) is 0 Å². The summed E-state index contributed by atoms with van der Waals surface area (Å²) < 4.78 is 2.07. The van der Waals surface area contributed by atoms with E-state index in [0.717, 1.165) is 67.8 Å². The van der Waals surface area contributed by atoms with Crippen molar-refractivity contribution in [1.29, 1.82) is 0 Å². The second-order valence-corrected chi connectivity index (χ2v) is 15.9. The molecule has 0 aliphatic rings. The number of H-pyrrole nitrogens is 1. The smallest absolute Gasteiger partial charge is 0.320 e. The number of hydrogen-bond acceptors (Lipinski definition) is 8. The first kappa shape index (κ1) is 45.1. The van der Waals surface area contributed by atoms with Crippen LogP contribution in [0.5, 0.6) is 0 Å². The van der Waals surface area contributed by atoms with Crippen molar-refractivity contribution in [3.63, 3.8) is 0 Å². The zero-order valence-electron chi connectivity index (χ0n) is 37.9. The first-order valence-electron chi connectivity index (χ1n) is 22.4. The van der Waals surface area contributed by atoms with Crippen molar-refractivity contribution in [1.82, 2.24) is 40.6 Å². The van der Waals surface area contributed by atoms with Crippen LogP contribution in [0.15, 0.2) is 176 Å². The molecule has 14 nitrogen and oxygen atoms in total. The van der Waals surface area contributed by atoms with E-state index < -0.39 is 5.54 Å². The van der Waals surface area contributed by atoms with E-state index in [4.69, 9.17) is 5.10 Å². The van der Waals surface area contributed by atoms with Crippen molar-refractivity contribution in [2.45, 2.75) is 45.3 Å². The van der Waals surface area contributed by atoms with Gasteiger partial charge in [-0.1, -0.05) is 152 Å². The number of carbonyl (C=O) groups excluding carboxylic acids is 2. The molecule has 14 heteroatoms. The number of amides is 4. The van der Waals surface area contributed by atoms with Gasteiger partial charge >= 0.3 is 12.1 Å². The van der Waals surface area contributed by atoms with E-state index in [1.807, 2.05) is 113 Å². The number of aromatic nitrogens is 6. The van der Waals surface area contributed by atoms with Crippen molar-refractivity contribution >= 4 is 57.1 Å². The standard InChI is InChI=1S/C36H34N6O.C17H20N6O/c1-3-37-34-31-25-38-33(40-35(43)39-26(2)27-16-8-4-9-17-27)24-32(31)42(41-34)36(28-18-10-5-11-19-28,29-20-12-6-13-21-29)30-22-14-7-15-23-30;1-3-18-16-13-10-19-15(9-14(13)22-23-16)21-17(24)20-11(2)12-7-5-4-6-8-12/h4-26H,3H2,1-2H3,(H,37,41)(H2,38,39,40,43);4-11H,3H2,1-2H3,(H2,18,22,23)(H2,19,20,21,24)/t26-;11-/m11/s1. The van der Waals surface area contributed by atoms with Crippen molar-refractivity contribution in [3.05, 3.63) is 204 Å². The van der Waals surface area contributed by atoms with Crippen LogP contribution in [0.3, 0.4) is 0 Å². The minimum Gasteiger partial charge on any atom is -0.368 e. The van der Waals surface area contributed by atoms with Gasteiger partial charge in [-0.05, 0) is 55.5 Å². The first-order valence-corrected chi connectivity index (χ1v) is 22.4. The van der Waals surface area contributed by atoms with Crippen LogP contribution in [0.25, 0.3) is 21.8 Å². The second-order valence-electron chi connectivity index (χ2n) is 15.9. The predicted molar refractivity (Wildman–Crippen MR) is 268 cm³/mol. The quantitative estimate of drug-likeness (QED) is 0.0527. The summed E-state index contributed by atoms with van der Waals surface area (Å²) >= 11 is 0. The molecule has 4 heterocycles. The summed E-state index contributed by atoms with van der Waals surface area (Å²) in [6, 6.07) is 53.6. The van der Waals surface area contributed by atoms with E-state index in [1.54, 1.807) is 18.5 Å². The highest BCUT2D eigenvalue weighted by Gasteiger charge is 2.41. The van der Waals surface area contributed by atoms with Crippen molar-refractivity contribution in [2.24, 2.45) is 0 Å². The fourth-order valence-corrected chi connectivity index (χ4v) is 8.17. The highest BCUT2D eigenvalue weighted by atomic mass is 16.2. The Bertz CT molecular complexity index is 2920. The molecule has 0 spiro atoms. The minimum atomic E-state index is -0.821. The number of anilines is 4. The fourth-order valence-electron chi connectivity index (χ4n) is 8.17. The summed E-state index contributed by atoms with van der Waals surface area (Å²) in [6.07, 6.45) is 3.46. The molecule has 67 heavy (non-hydrogen) atoms. The van der Waals surface area contributed by atoms with E-state index >= 15 is 0 Å². The molecular formula is C53H54N12O2. The van der Waals surface area contributed by atoms with Gasteiger partial charge in [0, 0.05) is 37.6 Å². The maximum absolute atomic E-state index is 13.1. The molecule has 9 aromatic rings. The maximum atomic E-state index is 13.1. The van der Waals surface area contributed by atoms with Crippen molar-refractivity contribution in [2.75, 3.05) is 34.4 Å². The Labute approximate surface area is 389 Å². The topological polar surface area (TPSA) is 179 Å².